The number of carbonyl (C=O) groups excluding carboxylic acids is 1. The van der Waals surface area contributed by atoms with Crippen molar-refractivity contribution in [1.82, 2.24) is 25.0 Å². The van der Waals surface area contributed by atoms with Crippen LogP contribution in [0, 0.1) is 0 Å². The Balaban J connectivity index is 0.000000318. The molecular weight excluding hydrogens is 407 g/mol. The van der Waals surface area contributed by atoms with Crippen molar-refractivity contribution in [3.8, 4) is 5.82 Å². The fraction of sp³-hybridized carbons (Fsp3) is 0.444. The van der Waals surface area contributed by atoms with E-state index in [2.05, 4.69) is 20.3 Å². The Morgan fingerprint density at radius 1 is 1.23 bits per heavy atom. The lowest BCUT2D eigenvalue weighted by Crippen LogP contribution is -2.49. The molecule has 4 rings (SSSR count). The zero-order valence-corrected chi connectivity index (χ0v) is 15.7. The molecule has 2 saturated heterocycles. The van der Waals surface area contributed by atoms with Crippen LogP contribution in [0.2, 0.25) is 0 Å². The Hall–Kier alpha value is -2.99. The number of carboxylic acids is 1. The second-order valence-electron chi connectivity index (χ2n) is 6.77. The summed E-state index contributed by atoms with van der Waals surface area (Å²) in [5.41, 5.74) is 0.543. The van der Waals surface area contributed by atoms with Crippen LogP contribution in [0.15, 0.2) is 36.8 Å². The predicted molar refractivity (Wildman–Crippen MR) is 97.1 cm³/mol. The average Bonchev–Trinajstić information content (AvgIpc) is 3.32. The van der Waals surface area contributed by atoms with E-state index in [1.165, 1.54) is 0 Å². The molecule has 2 aromatic heterocycles. The van der Waals surface area contributed by atoms with Crippen molar-refractivity contribution < 1.29 is 32.6 Å². The number of carboxylic acid groups (broad SMARTS) is 1. The normalized spacial score (nSPS) is 19.5. The number of aliphatic carboxylic acids is 1. The molecule has 162 valence electrons. The molecule has 2 fully saturated rings. The summed E-state index contributed by atoms with van der Waals surface area (Å²) in [6.45, 7) is 3.52. The first-order chi connectivity index (χ1) is 14.3. The average molecular weight is 427 g/mol. The number of carbonyl (C=O) groups is 2. The number of hydrogen-bond donors (Lipinski definition) is 2. The smallest absolute Gasteiger partial charge is 0.475 e. The number of amides is 1. The molecule has 4 heterocycles. The minimum Gasteiger partial charge on any atom is -0.475 e. The van der Waals surface area contributed by atoms with Gasteiger partial charge in [0.1, 0.15) is 0 Å². The number of pyridine rings is 1. The van der Waals surface area contributed by atoms with E-state index in [0.29, 0.717) is 17.4 Å². The van der Waals surface area contributed by atoms with Gasteiger partial charge in [-0.2, -0.15) is 18.3 Å². The van der Waals surface area contributed by atoms with Crippen molar-refractivity contribution in [3.05, 3.63) is 42.4 Å². The first-order valence-electron chi connectivity index (χ1n) is 9.13. The van der Waals surface area contributed by atoms with E-state index >= 15 is 0 Å². The van der Waals surface area contributed by atoms with Crippen molar-refractivity contribution in [2.75, 3.05) is 26.3 Å². The Bertz CT molecular complexity index is 871. The van der Waals surface area contributed by atoms with Crippen LogP contribution in [0.5, 0.6) is 0 Å². The van der Waals surface area contributed by atoms with Crippen molar-refractivity contribution in [1.29, 1.82) is 0 Å². The molecule has 30 heavy (non-hydrogen) atoms. The number of aromatic nitrogens is 3. The molecule has 2 aromatic rings. The van der Waals surface area contributed by atoms with E-state index in [9.17, 15) is 18.0 Å². The first kappa shape index (κ1) is 21.7. The van der Waals surface area contributed by atoms with Crippen LogP contribution in [-0.4, -0.2) is 81.2 Å². The summed E-state index contributed by atoms with van der Waals surface area (Å²) in [6.07, 6.45) is 1.01. The van der Waals surface area contributed by atoms with Crippen LogP contribution < -0.4 is 5.32 Å². The van der Waals surface area contributed by atoms with Gasteiger partial charge in [-0.25, -0.2) is 14.5 Å². The van der Waals surface area contributed by atoms with E-state index < -0.39 is 12.1 Å². The highest BCUT2D eigenvalue weighted by molar-refractivity contribution is 5.97. The van der Waals surface area contributed by atoms with E-state index in [4.69, 9.17) is 14.6 Å². The minimum atomic E-state index is -5.08. The van der Waals surface area contributed by atoms with Crippen molar-refractivity contribution in [2.45, 2.75) is 24.7 Å². The van der Waals surface area contributed by atoms with E-state index in [1.807, 2.05) is 6.07 Å². The maximum Gasteiger partial charge on any atom is 0.490 e. The lowest BCUT2D eigenvalue weighted by Gasteiger charge is -2.34. The third-order valence-electron chi connectivity index (χ3n) is 4.69. The van der Waals surface area contributed by atoms with Gasteiger partial charge in [-0.1, -0.05) is 0 Å². The molecule has 12 heteroatoms. The van der Waals surface area contributed by atoms with Gasteiger partial charge in [-0.05, 0) is 24.6 Å². The summed E-state index contributed by atoms with van der Waals surface area (Å²) in [7, 11) is 0. The molecule has 1 unspecified atom stereocenters. The largest absolute Gasteiger partial charge is 0.490 e. The summed E-state index contributed by atoms with van der Waals surface area (Å²) < 4.78 is 38.6. The highest BCUT2D eigenvalue weighted by atomic mass is 19.4. The van der Waals surface area contributed by atoms with Crippen LogP contribution in [-0.2, 0) is 9.53 Å². The van der Waals surface area contributed by atoms with Crippen LogP contribution in [0.1, 0.15) is 16.8 Å². The molecule has 0 saturated carbocycles. The molecule has 0 aromatic carbocycles. The Morgan fingerprint density at radius 3 is 2.53 bits per heavy atom. The fourth-order valence-corrected chi connectivity index (χ4v) is 3.08. The first-order valence-corrected chi connectivity index (χ1v) is 9.13. The molecule has 9 nitrogen and oxygen atoms in total. The topological polar surface area (TPSA) is 110 Å². The van der Waals surface area contributed by atoms with Crippen LogP contribution >= 0.6 is 0 Å². The number of nitrogens with zero attached hydrogens (tertiary/aromatic N) is 4. The van der Waals surface area contributed by atoms with Crippen LogP contribution in [0.4, 0.5) is 13.2 Å². The zero-order chi connectivity index (χ0) is 21.7. The Labute approximate surface area is 169 Å². The van der Waals surface area contributed by atoms with Gasteiger partial charge in [0, 0.05) is 37.7 Å². The second kappa shape index (κ2) is 9.22. The third-order valence-corrected chi connectivity index (χ3v) is 4.69. The summed E-state index contributed by atoms with van der Waals surface area (Å²) in [4.78, 5) is 28.2. The van der Waals surface area contributed by atoms with Crippen LogP contribution in [0.25, 0.3) is 5.82 Å². The van der Waals surface area contributed by atoms with Gasteiger partial charge in [-0.15, -0.1) is 0 Å². The van der Waals surface area contributed by atoms with Crippen molar-refractivity contribution in [2.24, 2.45) is 0 Å². The van der Waals surface area contributed by atoms with E-state index in [0.717, 1.165) is 32.7 Å². The number of nitrogens with one attached hydrogen (secondary N) is 1. The monoisotopic (exact) mass is 427 g/mol. The predicted octanol–water partition coefficient (Wildman–Crippen LogP) is 1.10. The number of alkyl halides is 3. The standard InChI is InChI=1S/C16H19N5O2.C2HF3O2/c22-16(19-12-4-8-20(9-12)13-10-23-11-13)14-3-1-5-17-15(14)21-7-2-6-18-21;3-2(4,5)1(6)7/h1-3,5-7,12-13H,4,8-11H2,(H,19,22);(H,6,7). The van der Waals surface area contributed by atoms with Crippen LogP contribution in [0.3, 0.4) is 0 Å². The van der Waals surface area contributed by atoms with Gasteiger partial charge in [0.2, 0.25) is 0 Å². The maximum atomic E-state index is 12.6. The molecule has 2 aliphatic rings. The fourth-order valence-electron chi connectivity index (χ4n) is 3.08. The second-order valence-corrected chi connectivity index (χ2v) is 6.77. The molecule has 0 radical (unpaired) electrons. The van der Waals surface area contributed by atoms with E-state index in [-0.39, 0.29) is 11.9 Å². The molecule has 2 aliphatic heterocycles. The molecule has 1 atom stereocenters. The molecular formula is C18H20F3N5O4. The molecule has 0 spiro atoms. The SMILES string of the molecule is O=C(NC1CCN(C2COC2)C1)c1cccnc1-n1cccn1.O=C(O)C(F)(F)F. The Morgan fingerprint density at radius 2 is 1.97 bits per heavy atom. The molecule has 2 N–H and O–H groups in total. The summed E-state index contributed by atoms with van der Waals surface area (Å²) in [5.74, 6) is -2.30. The van der Waals surface area contributed by atoms with Gasteiger partial charge >= 0.3 is 12.1 Å². The molecule has 0 bridgehead atoms. The van der Waals surface area contributed by atoms with Gasteiger partial charge < -0.3 is 15.2 Å². The third kappa shape index (κ3) is 5.33. The van der Waals surface area contributed by atoms with E-state index in [1.54, 1.807) is 35.4 Å². The van der Waals surface area contributed by atoms with Gasteiger partial charge in [0.15, 0.2) is 5.82 Å². The number of likely N-dealkylation sites (tertiary alicyclic amines) is 1. The summed E-state index contributed by atoms with van der Waals surface area (Å²) in [5, 5.41) is 14.4. The number of hydrogen-bond acceptors (Lipinski definition) is 6. The Kier molecular flexibility index (Phi) is 6.67. The van der Waals surface area contributed by atoms with Gasteiger partial charge in [0.25, 0.3) is 5.91 Å². The molecule has 0 aliphatic carbocycles. The van der Waals surface area contributed by atoms with Gasteiger partial charge in [-0.3, -0.25) is 9.69 Å². The lowest BCUT2D eigenvalue weighted by molar-refractivity contribution is -0.192. The lowest BCUT2D eigenvalue weighted by atomic mass is 10.2. The number of rotatable bonds is 4. The zero-order valence-electron chi connectivity index (χ0n) is 15.7. The summed E-state index contributed by atoms with van der Waals surface area (Å²) >= 11 is 0. The minimum absolute atomic E-state index is 0.0969. The highest BCUT2D eigenvalue weighted by Crippen LogP contribution is 2.19. The number of ether oxygens (including phenoxy) is 1. The van der Waals surface area contributed by atoms with Crippen molar-refractivity contribution >= 4 is 11.9 Å². The highest BCUT2D eigenvalue weighted by Gasteiger charge is 2.38. The van der Waals surface area contributed by atoms with Crippen molar-refractivity contribution in [3.63, 3.8) is 0 Å². The maximum absolute atomic E-state index is 12.6. The molecule has 1 amide bonds. The van der Waals surface area contributed by atoms with Gasteiger partial charge in [0.05, 0.1) is 24.8 Å². The summed E-state index contributed by atoms with van der Waals surface area (Å²) in [6, 6.07) is 6.07. The quantitative estimate of drug-likeness (QED) is 0.752. The number of halogens is 3.